The Kier molecular flexibility index (Phi) is 8.20. The number of sulfone groups is 1. The number of nitrogens with zero attached hydrogens (tertiary/aromatic N) is 1. The molecule has 0 aromatic rings. The molecule has 1 saturated heterocycles. The van der Waals surface area contributed by atoms with Crippen molar-refractivity contribution in [2.45, 2.75) is 76.0 Å². The predicted molar refractivity (Wildman–Crippen MR) is 107 cm³/mol. The fraction of sp³-hybridized carbons (Fsp3) is 0.947. The van der Waals surface area contributed by atoms with Gasteiger partial charge >= 0.3 is 0 Å². The molecule has 2 aliphatic rings. The maximum Gasteiger partial charge on any atom is 0.191 e. The lowest BCUT2D eigenvalue weighted by Crippen LogP contribution is -2.49. The molecular formula is C19H37N3O3S. The minimum Gasteiger partial charge on any atom is -0.381 e. The van der Waals surface area contributed by atoms with Crippen LogP contribution in [-0.4, -0.2) is 57.7 Å². The molecule has 0 aromatic heterocycles. The second-order valence-corrected chi connectivity index (χ2v) is 10.3. The highest BCUT2D eigenvalue weighted by atomic mass is 32.2. The molecule has 2 rings (SSSR count). The molecule has 0 bridgehead atoms. The molecule has 1 heterocycles. The lowest BCUT2D eigenvalue weighted by Gasteiger charge is -2.34. The fourth-order valence-electron chi connectivity index (χ4n) is 4.13. The largest absolute Gasteiger partial charge is 0.381 e. The molecule has 2 N–H and O–H groups in total. The molecular weight excluding hydrogens is 350 g/mol. The van der Waals surface area contributed by atoms with Crippen molar-refractivity contribution in [3.63, 3.8) is 0 Å². The molecule has 0 unspecified atom stereocenters. The van der Waals surface area contributed by atoms with Crippen LogP contribution < -0.4 is 10.6 Å². The summed E-state index contributed by atoms with van der Waals surface area (Å²) in [5.74, 6) is 1.62. The molecule has 0 amide bonds. The van der Waals surface area contributed by atoms with E-state index in [4.69, 9.17) is 4.74 Å². The average Bonchev–Trinajstić information content (AvgIpc) is 2.62. The average molecular weight is 388 g/mol. The molecule has 0 radical (unpaired) electrons. The van der Waals surface area contributed by atoms with E-state index < -0.39 is 14.6 Å². The topological polar surface area (TPSA) is 79.8 Å². The van der Waals surface area contributed by atoms with E-state index in [1.54, 1.807) is 0 Å². The van der Waals surface area contributed by atoms with Crippen LogP contribution in [0.25, 0.3) is 0 Å². The van der Waals surface area contributed by atoms with Crippen molar-refractivity contribution in [3.8, 4) is 0 Å². The Hall–Kier alpha value is -0.820. The van der Waals surface area contributed by atoms with Crippen LogP contribution >= 0.6 is 0 Å². The van der Waals surface area contributed by atoms with Crippen LogP contribution in [0.1, 0.15) is 65.2 Å². The van der Waals surface area contributed by atoms with Gasteiger partial charge in [-0.05, 0) is 51.4 Å². The molecule has 0 spiro atoms. The van der Waals surface area contributed by atoms with Gasteiger partial charge in [-0.25, -0.2) is 8.42 Å². The van der Waals surface area contributed by atoms with Crippen LogP contribution in [0.3, 0.4) is 0 Å². The van der Waals surface area contributed by atoms with E-state index in [1.165, 1.54) is 44.8 Å². The van der Waals surface area contributed by atoms with Crippen LogP contribution in [0.2, 0.25) is 0 Å². The van der Waals surface area contributed by atoms with Crippen molar-refractivity contribution in [2.24, 2.45) is 10.9 Å². The highest BCUT2D eigenvalue weighted by Crippen LogP contribution is 2.30. The minimum absolute atomic E-state index is 0.301. The van der Waals surface area contributed by atoms with Crippen molar-refractivity contribution < 1.29 is 13.2 Å². The van der Waals surface area contributed by atoms with Gasteiger partial charge in [-0.3, -0.25) is 4.99 Å². The van der Waals surface area contributed by atoms with E-state index in [1.807, 2.05) is 6.92 Å². The first-order chi connectivity index (χ1) is 12.4. The zero-order valence-electron chi connectivity index (χ0n) is 16.7. The molecule has 7 heteroatoms. The van der Waals surface area contributed by atoms with Crippen LogP contribution in [0.4, 0.5) is 0 Å². The maximum atomic E-state index is 12.4. The van der Waals surface area contributed by atoms with Crippen molar-refractivity contribution in [1.29, 1.82) is 0 Å². The fourth-order valence-corrected chi connectivity index (χ4v) is 5.34. The standard InChI is InChI=1S/C19H37N3O3S/c1-4-6-16-7-9-17(10-8-16)22-18(20-5-2)21-15-19(26(3,23)24)11-13-25-14-12-19/h16-17H,4-15H2,1-3H3,(H2,20,21,22). The number of hydrogen-bond acceptors (Lipinski definition) is 4. The quantitative estimate of drug-likeness (QED) is 0.518. The Morgan fingerprint density at radius 1 is 1.15 bits per heavy atom. The van der Waals surface area contributed by atoms with Gasteiger partial charge in [0.05, 0.1) is 11.3 Å². The van der Waals surface area contributed by atoms with Gasteiger partial charge in [0.2, 0.25) is 0 Å². The minimum atomic E-state index is -3.19. The molecule has 0 aromatic carbocycles. The number of guanidine groups is 1. The maximum absolute atomic E-state index is 12.4. The van der Waals surface area contributed by atoms with Crippen molar-refractivity contribution in [1.82, 2.24) is 10.6 Å². The Morgan fingerprint density at radius 3 is 2.35 bits per heavy atom. The van der Waals surface area contributed by atoms with Crippen LogP contribution in [0, 0.1) is 5.92 Å². The summed E-state index contributed by atoms with van der Waals surface area (Å²) in [6.07, 6.45) is 9.87. The first-order valence-electron chi connectivity index (χ1n) is 10.2. The summed E-state index contributed by atoms with van der Waals surface area (Å²) in [4.78, 5) is 4.68. The van der Waals surface area contributed by atoms with Gasteiger partial charge in [-0.15, -0.1) is 0 Å². The van der Waals surface area contributed by atoms with E-state index in [9.17, 15) is 8.42 Å². The van der Waals surface area contributed by atoms with Gasteiger partial charge in [0, 0.05) is 32.1 Å². The van der Waals surface area contributed by atoms with E-state index in [-0.39, 0.29) is 0 Å². The van der Waals surface area contributed by atoms with Crippen molar-refractivity contribution in [3.05, 3.63) is 0 Å². The zero-order chi connectivity index (χ0) is 19.0. The summed E-state index contributed by atoms with van der Waals surface area (Å²) in [7, 11) is -3.19. The Morgan fingerprint density at radius 2 is 1.81 bits per heavy atom. The summed E-state index contributed by atoms with van der Waals surface area (Å²) >= 11 is 0. The summed E-state index contributed by atoms with van der Waals surface area (Å²) in [5.41, 5.74) is 0. The van der Waals surface area contributed by atoms with E-state index in [2.05, 4.69) is 22.5 Å². The first kappa shape index (κ1) is 21.5. The van der Waals surface area contributed by atoms with Gasteiger partial charge in [-0.1, -0.05) is 19.8 Å². The number of aliphatic imine (C=N–C) groups is 1. The third kappa shape index (κ3) is 5.84. The van der Waals surface area contributed by atoms with Crippen molar-refractivity contribution in [2.75, 3.05) is 32.6 Å². The third-order valence-electron chi connectivity index (χ3n) is 5.94. The molecule has 26 heavy (non-hydrogen) atoms. The number of rotatable bonds is 7. The smallest absolute Gasteiger partial charge is 0.191 e. The second kappa shape index (κ2) is 9.93. The summed E-state index contributed by atoms with van der Waals surface area (Å²) < 4.78 is 29.4. The van der Waals surface area contributed by atoms with Gasteiger partial charge in [-0.2, -0.15) is 0 Å². The van der Waals surface area contributed by atoms with E-state index in [0.717, 1.165) is 18.4 Å². The molecule has 1 saturated carbocycles. The number of hydrogen-bond donors (Lipinski definition) is 2. The normalized spacial score (nSPS) is 27.1. The van der Waals surface area contributed by atoms with Gasteiger partial charge in [0.25, 0.3) is 0 Å². The third-order valence-corrected chi connectivity index (χ3v) is 8.06. The summed E-state index contributed by atoms with van der Waals surface area (Å²) in [6, 6.07) is 0.435. The molecule has 1 aliphatic carbocycles. The molecule has 2 fully saturated rings. The van der Waals surface area contributed by atoms with Crippen LogP contribution in [0.5, 0.6) is 0 Å². The lowest BCUT2D eigenvalue weighted by atomic mass is 9.83. The highest BCUT2D eigenvalue weighted by molar-refractivity contribution is 7.92. The van der Waals surface area contributed by atoms with Crippen LogP contribution in [-0.2, 0) is 14.6 Å². The molecule has 152 valence electrons. The summed E-state index contributed by atoms with van der Waals surface area (Å²) in [5, 5.41) is 6.83. The SMILES string of the molecule is CCCC1CCC(NC(=NCC2(S(C)(=O)=O)CCOCC2)NCC)CC1. The Balaban J connectivity index is 1.99. The number of ether oxygens (including phenoxy) is 1. The second-order valence-electron chi connectivity index (χ2n) is 7.91. The van der Waals surface area contributed by atoms with Gasteiger partial charge in [0.15, 0.2) is 15.8 Å². The van der Waals surface area contributed by atoms with Gasteiger partial charge < -0.3 is 15.4 Å². The van der Waals surface area contributed by atoms with E-state index >= 15 is 0 Å². The molecule has 1 aliphatic heterocycles. The zero-order valence-corrected chi connectivity index (χ0v) is 17.5. The number of nitrogens with one attached hydrogen (secondary N) is 2. The first-order valence-corrected chi connectivity index (χ1v) is 12.1. The monoisotopic (exact) mass is 387 g/mol. The predicted octanol–water partition coefficient (Wildman–Crippen LogP) is 2.49. The Bertz CT molecular complexity index is 548. The molecule has 0 atom stereocenters. The van der Waals surface area contributed by atoms with Crippen molar-refractivity contribution >= 4 is 15.8 Å². The Labute approximate surface area is 159 Å². The van der Waals surface area contributed by atoms with Crippen LogP contribution in [0.15, 0.2) is 4.99 Å². The lowest BCUT2D eigenvalue weighted by molar-refractivity contribution is 0.0768. The highest BCUT2D eigenvalue weighted by Gasteiger charge is 2.42. The van der Waals surface area contributed by atoms with Gasteiger partial charge in [0.1, 0.15) is 0 Å². The summed E-state index contributed by atoms with van der Waals surface area (Å²) in [6.45, 7) is 6.36. The van der Waals surface area contributed by atoms with E-state index in [0.29, 0.717) is 38.6 Å². The molecule has 6 nitrogen and oxygen atoms in total.